The predicted molar refractivity (Wildman–Crippen MR) is 104 cm³/mol. The largest absolute Gasteiger partial charge is 0.352 e. The van der Waals surface area contributed by atoms with Gasteiger partial charge in [-0.15, -0.1) is 12.3 Å². The van der Waals surface area contributed by atoms with Crippen LogP contribution in [0.5, 0.6) is 0 Å². The summed E-state index contributed by atoms with van der Waals surface area (Å²) in [4.78, 5) is 25.3. The number of terminal acetylenes is 1. The van der Waals surface area contributed by atoms with Crippen LogP contribution in [0.25, 0.3) is 5.69 Å². The Morgan fingerprint density at radius 2 is 1.93 bits per heavy atom. The summed E-state index contributed by atoms with van der Waals surface area (Å²) in [6.45, 7) is 4.01. The van der Waals surface area contributed by atoms with Gasteiger partial charge in [0, 0.05) is 43.3 Å². The first kappa shape index (κ1) is 18.6. The molecule has 3 rings (SSSR count). The Morgan fingerprint density at radius 3 is 2.56 bits per heavy atom. The number of pyridine rings is 1. The van der Waals surface area contributed by atoms with Gasteiger partial charge in [-0.1, -0.05) is 18.2 Å². The van der Waals surface area contributed by atoms with Gasteiger partial charge >= 0.3 is 0 Å². The van der Waals surface area contributed by atoms with Gasteiger partial charge in [0.25, 0.3) is 11.5 Å². The van der Waals surface area contributed by atoms with Crippen molar-refractivity contribution < 1.29 is 4.79 Å². The Balaban J connectivity index is 1.77. The van der Waals surface area contributed by atoms with Gasteiger partial charge in [0.1, 0.15) is 0 Å². The van der Waals surface area contributed by atoms with Crippen molar-refractivity contribution in [3.05, 3.63) is 63.6 Å². The minimum absolute atomic E-state index is 0.156. The lowest BCUT2D eigenvalue weighted by Gasteiger charge is -2.17. The second kappa shape index (κ2) is 7.58. The minimum Gasteiger partial charge on any atom is -0.352 e. The SMILES string of the molecule is C#CCCC1(CCNC(=O)c2c(C)cc(=O)n(-c3ccccc3)c2C)N=N1. The van der Waals surface area contributed by atoms with Crippen LogP contribution in [-0.4, -0.2) is 22.7 Å². The number of carbonyl (C=O) groups is 1. The van der Waals surface area contributed by atoms with Crippen molar-refractivity contribution in [3.8, 4) is 18.0 Å². The van der Waals surface area contributed by atoms with Crippen LogP contribution in [0.1, 0.15) is 40.9 Å². The van der Waals surface area contributed by atoms with Crippen LogP contribution >= 0.6 is 0 Å². The van der Waals surface area contributed by atoms with Crippen LogP contribution in [-0.2, 0) is 0 Å². The molecule has 2 heterocycles. The van der Waals surface area contributed by atoms with E-state index in [0.29, 0.717) is 42.6 Å². The number of para-hydroxylation sites is 1. The van der Waals surface area contributed by atoms with Gasteiger partial charge in [-0.05, 0) is 31.5 Å². The fraction of sp³-hybridized carbons (Fsp3) is 0.333. The zero-order chi connectivity index (χ0) is 19.4. The number of hydrogen-bond acceptors (Lipinski definition) is 4. The van der Waals surface area contributed by atoms with Gasteiger partial charge in [0.15, 0.2) is 5.66 Å². The third kappa shape index (κ3) is 3.98. The van der Waals surface area contributed by atoms with E-state index in [2.05, 4.69) is 21.5 Å². The van der Waals surface area contributed by atoms with Crippen molar-refractivity contribution in [2.75, 3.05) is 6.54 Å². The number of carbonyl (C=O) groups excluding carboxylic acids is 1. The topological polar surface area (TPSA) is 75.8 Å². The average molecular weight is 362 g/mol. The van der Waals surface area contributed by atoms with Crippen LogP contribution in [0.3, 0.4) is 0 Å². The highest BCUT2D eigenvalue weighted by atomic mass is 16.2. The van der Waals surface area contributed by atoms with Gasteiger partial charge in [0.05, 0.1) is 5.56 Å². The van der Waals surface area contributed by atoms with Crippen molar-refractivity contribution >= 4 is 5.91 Å². The van der Waals surface area contributed by atoms with E-state index in [1.54, 1.807) is 18.4 Å². The molecule has 1 aliphatic heterocycles. The molecule has 6 heteroatoms. The maximum atomic E-state index is 12.8. The smallest absolute Gasteiger partial charge is 0.255 e. The second-order valence-electron chi connectivity index (χ2n) is 6.69. The number of aromatic nitrogens is 1. The first-order valence-corrected chi connectivity index (χ1v) is 8.92. The summed E-state index contributed by atoms with van der Waals surface area (Å²) in [5.74, 6) is 2.39. The van der Waals surface area contributed by atoms with E-state index >= 15 is 0 Å². The van der Waals surface area contributed by atoms with Crippen molar-refractivity contribution in [1.29, 1.82) is 0 Å². The quantitative estimate of drug-likeness (QED) is 0.768. The highest BCUT2D eigenvalue weighted by Crippen LogP contribution is 2.36. The number of benzene rings is 1. The van der Waals surface area contributed by atoms with E-state index in [4.69, 9.17) is 6.42 Å². The van der Waals surface area contributed by atoms with E-state index < -0.39 is 5.66 Å². The monoisotopic (exact) mass is 362 g/mol. The average Bonchev–Trinajstić information content (AvgIpc) is 3.40. The van der Waals surface area contributed by atoms with Crippen LogP contribution in [0.2, 0.25) is 0 Å². The molecule has 1 aliphatic rings. The molecular weight excluding hydrogens is 340 g/mol. The lowest BCUT2D eigenvalue weighted by atomic mass is 10.0. The molecule has 0 spiro atoms. The lowest BCUT2D eigenvalue weighted by Crippen LogP contribution is -2.32. The summed E-state index contributed by atoms with van der Waals surface area (Å²) < 4.78 is 1.56. The van der Waals surface area contributed by atoms with Gasteiger partial charge in [-0.2, -0.15) is 10.2 Å². The summed E-state index contributed by atoms with van der Waals surface area (Å²) >= 11 is 0. The molecule has 2 aromatic rings. The highest BCUT2D eigenvalue weighted by molar-refractivity contribution is 5.96. The Morgan fingerprint density at radius 1 is 1.22 bits per heavy atom. The summed E-state index contributed by atoms with van der Waals surface area (Å²) in [6.07, 6.45) is 7.23. The third-order valence-corrected chi connectivity index (χ3v) is 4.76. The fourth-order valence-electron chi connectivity index (χ4n) is 3.26. The number of rotatable bonds is 7. The maximum Gasteiger partial charge on any atom is 0.255 e. The number of hydrogen-bond donors (Lipinski definition) is 1. The Kier molecular flexibility index (Phi) is 5.22. The molecule has 0 radical (unpaired) electrons. The zero-order valence-corrected chi connectivity index (χ0v) is 15.5. The number of nitrogens with one attached hydrogen (secondary N) is 1. The van der Waals surface area contributed by atoms with Crippen molar-refractivity contribution in [2.24, 2.45) is 10.2 Å². The van der Waals surface area contributed by atoms with Crippen LogP contribution in [0, 0.1) is 26.2 Å². The Labute approximate surface area is 158 Å². The number of aryl methyl sites for hydroxylation is 1. The van der Waals surface area contributed by atoms with Crippen LogP contribution in [0.4, 0.5) is 0 Å². The van der Waals surface area contributed by atoms with Crippen molar-refractivity contribution in [2.45, 2.75) is 38.8 Å². The van der Waals surface area contributed by atoms with Gasteiger partial charge in [0.2, 0.25) is 0 Å². The zero-order valence-electron chi connectivity index (χ0n) is 15.5. The van der Waals surface area contributed by atoms with E-state index in [1.807, 2.05) is 30.3 Å². The molecule has 6 nitrogen and oxygen atoms in total. The molecule has 0 unspecified atom stereocenters. The standard InChI is InChI=1S/C21H22N4O2/c1-4-5-11-21(23-24-21)12-13-22-20(27)19-15(2)14-18(26)25(16(19)3)17-9-7-6-8-10-17/h1,6-10,14H,5,11-13H2,2-3H3,(H,22,27). The molecule has 1 N–H and O–H groups in total. The molecule has 0 aliphatic carbocycles. The molecule has 0 saturated heterocycles. The molecule has 1 amide bonds. The molecule has 0 bridgehead atoms. The second-order valence-corrected chi connectivity index (χ2v) is 6.69. The van der Waals surface area contributed by atoms with E-state index in [9.17, 15) is 9.59 Å². The summed E-state index contributed by atoms with van der Waals surface area (Å²) in [7, 11) is 0. The molecule has 138 valence electrons. The van der Waals surface area contributed by atoms with Crippen LogP contribution < -0.4 is 10.9 Å². The predicted octanol–water partition coefficient (Wildman–Crippen LogP) is 3.15. The normalized spacial score (nSPS) is 13.8. The van der Waals surface area contributed by atoms with Gasteiger partial charge < -0.3 is 5.32 Å². The molecule has 0 fully saturated rings. The van der Waals surface area contributed by atoms with Gasteiger partial charge in [-0.3, -0.25) is 14.2 Å². The fourth-order valence-corrected chi connectivity index (χ4v) is 3.26. The first-order chi connectivity index (χ1) is 13.0. The number of nitrogens with zero attached hydrogens (tertiary/aromatic N) is 3. The Hall–Kier alpha value is -3.20. The molecular formula is C21H22N4O2. The number of amides is 1. The van der Waals surface area contributed by atoms with E-state index in [0.717, 1.165) is 5.69 Å². The highest BCUT2D eigenvalue weighted by Gasteiger charge is 2.38. The molecule has 0 atom stereocenters. The Bertz CT molecular complexity index is 978. The summed E-state index contributed by atoms with van der Waals surface area (Å²) in [5.41, 5.74) is 1.94. The molecule has 1 aromatic heterocycles. The first-order valence-electron chi connectivity index (χ1n) is 8.92. The van der Waals surface area contributed by atoms with E-state index in [-0.39, 0.29) is 11.5 Å². The summed E-state index contributed by atoms with van der Waals surface area (Å²) in [6, 6.07) is 10.8. The van der Waals surface area contributed by atoms with Crippen LogP contribution in [0.15, 0.2) is 51.4 Å². The minimum atomic E-state index is -0.424. The third-order valence-electron chi connectivity index (χ3n) is 4.76. The van der Waals surface area contributed by atoms with Gasteiger partial charge in [-0.25, -0.2) is 0 Å². The van der Waals surface area contributed by atoms with Crippen molar-refractivity contribution in [3.63, 3.8) is 0 Å². The maximum absolute atomic E-state index is 12.8. The van der Waals surface area contributed by atoms with E-state index in [1.165, 1.54) is 6.07 Å². The molecule has 1 aromatic carbocycles. The molecule has 0 saturated carbocycles. The summed E-state index contributed by atoms with van der Waals surface area (Å²) in [5, 5.41) is 11.1. The lowest BCUT2D eigenvalue weighted by molar-refractivity contribution is 0.0950. The molecule has 27 heavy (non-hydrogen) atoms. The van der Waals surface area contributed by atoms with Crippen molar-refractivity contribution in [1.82, 2.24) is 9.88 Å².